The van der Waals surface area contributed by atoms with Crippen molar-refractivity contribution in [1.29, 1.82) is 0 Å². The minimum absolute atomic E-state index is 0.711. The molecule has 0 fully saturated rings. The van der Waals surface area contributed by atoms with E-state index < -0.39 is 0 Å². The highest BCUT2D eigenvalue weighted by atomic mass is 35.5. The van der Waals surface area contributed by atoms with Crippen LogP contribution >= 0.6 is 47.3 Å². The van der Waals surface area contributed by atoms with E-state index in [4.69, 9.17) is 26.8 Å². The number of rotatable bonds is 8. The number of hydrogen-bond acceptors (Lipinski definition) is 3. The normalized spacial score (nSPS) is 10.4. The third kappa shape index (κ3) is 11.2. The maximum atomic E-state index is 5.47. The number of alkyl halides is 2. The molecule has 0 rings (SSSR count). The van der Waals surface area contributed by atoms with E-state index in [1.54, 1.807) is 0 Å². The summed E-state index contributed by atoms with van der Waals surface area (Å²) in [5.41, 5.74) is 0. The molecule has 0 aromatic heterocycles. The van der Waals surface area contributed by atoms with Crippen LogP contribution in [0.15, 0.2) is 0 Å². The van der Waals surface area contributed by atoms with Crippen LogP contribution in [0, 0.1) is 0 Å². The highest BCUT2D eigenvalue weighted by Crippen LogP contribution is 2.16. The highest BCUT2D eigenvalue weighted by molar-refractivity contribution is 8.07. The quantitative estimate of drug-likeness (QED) is 0.361. The predicted molar refractivity (Wildman–Crippen MR) is 56.7 cm³/mol. The van der Waals surface area contributed by atoms with Gasteiger partial charge in [-0.25, -0.2) is 3.63 Å². The molecule has 0 aliphatic carbocycles. The van der Waals surface area contributed by atoms with Gasteiger partial charge >= 0.3 is 0 Å². The van der Waals surface area contributed by atoms with Crippen molar-refractivity contribution in [1.82, 2.24) is 0 Å². The zero-order valence-corrected chi connectivity index (χ0v) is 9.37. The lowest BCUT2D eigenvalue weighted by molar-refractivity contribution is 0.751. The van der Waals surface area contributed by atoms with Gasteiger partial charge in [-0.3, -0.25) is 0 Å². The van der Waals surface area contributed by atoms with E-state index in [9.17, 15) is 0 Å². The molecule has 0 N–H and O–H groups in total. The van der Waals surface area contributed by atoms with Crippen molar-refractivity contribution in [3.8, 4) is 0 Å². The molecule has 0 aromatic rings. The smallest absolute Gasteiger partial charge is 0.0232 e. The molecule has 0 spiro atoms. The van der Waals surface area contributed by atoms with Crippen LogP contribution in [-0.2, 0) is 3.63 Å². The van der Waals surface area contributed by atoms with Crippen molar-refractivity contribution in [3.05, 3.63) is 0 Å². The predicted octanol–water partition coefficient (Wildman–Crippen LogP) is 3.56. The van der Waals surface area contributed by atoms with Gasteiger partial charge in [-0.1, -0.05) is 0 Å². The standard InChI is InChI=1S/C6H12Cl2OS2/c7-3-1-5-10-9-11-6-2-4-8/h1-6H2. The maximum absolute atomic E-state index is 5.47. The first kappa shape index (κ1) is 12.2. The molecule has 68 valence electrons. The van der Waals surface area contributed by atoms with Gasteiger partial charge < -0.3 is 0 Å². The maximum Gasteiger partial charge on any atom is 0.0232 e. The third-order valence-electron chi connectivity index (χ3n) is 0.819. The Labute approximate surface area is 86.9 Å². The van der Waals surface area contributed by atoms with E-state index in [0.29, 0.717) is 11.8 Å². The second-order valence-electron chi connectivity index (χ2n) is 1.80. The summed E-state index contributed by atoms with van der Waals surface area (Å²) in [5, 5.41) is 0. The van der Waals surface area contributed by atoms with Crippen LogP contribution in [0.5, 0.6) is 0 Å². The molecule has 0 radical (unpaired) electrons. The van der Waals surface area contributed by atoms with E-state index in [0.717, 1.165) is 24.3 Å². The van der Waals surface area contributed by atoms with Crippen molar-refractivity contribution < 1.29 is 3.63 Å². The first-order valence-electron chi connectivity index (χ1n) is 3.45. The second-order valence-corrected chi connectivity index (χ2v) is 4.39. The lowest BCUT2D eigenvalue weighted by Gasteiger charge is -1.98. The molecule has 1 nitrogen and oxygen atoms in total. The second kappa shape index (κ2) is 11.2. The Morgan fingerprint density at radius 2 is 1.36 bits per heavy atom. The van der Waals surface area contributed by atoms with E-state index in [-0.39, 0.29) is 0 Å². The lowest BCUT2D eigenvalue weighted by Crippen LogP contribution is -1.82. The zero-order chi connectivity index (χ0) is 8.36. The van der Waals surface area contributed by atoms with Crippen LogP contribution in [0.1, 0.15) is 12.8 Å². The SMILES string of the molecule is ClCCCSOSCCCCl. The number of halogens is 2. The zero-order valence-electron chi connectivity index (χ0n) is 6.22. The summed E-state index contributed by atoms with van der Waals surface area (Å²) >= 11 is 13.9. The molecule has 0 aliphatic rings. The fraction of sp³-hybridized carbons (Fsp3) is 1.00. The van der Waals surface area contributed by atoms with Crippen LogP contribution in [0.25, 0.3) is 0 Å². The molecular formula is C6H12Cl2OS2. The minimum Gasteiger partial charge on any atom is -0.247 e. The molecule has 0 aliphatic heterocycles. The van der Waals surface area contributed by atoms with E-state index in [1.165, 1.54) is 24.1 Å². The van der Waals surface area contributed by atoms with Gasteiger partial charge in [0.25, 0.3) is 0 Å². The van der Waals surface area contributed by atoms with Gasteiger partial charge in [-0.15, -0.1) is 23.2 Å². The van der Waals surface area contributed by atoms with Crippen LogP contribution in [0.3, 0.4) is 0 Å². The number of hydrogen-bond donors (Lipinski definition) is 0. The van der Waals surface area contributed by atoms with Crippen molar-refractivity contribution in [2.45, 2.75) is 12.8 Å². The van der Waals surface area contributed by atoms with Crippen LogP contribution in [0.4, 0.5) is 0 Å². The molecule has 0 heterocycles. The monoisotopic (exact) mass is 234 g/mol. The average Bonchev–Trinajstić information content (AvgIpc) is 2.03. The summed E-state index contributed by atoms with van der Waals surface area (Å²) in [6.07, 6.45) is 2.00. The summed E-state index contributed by atoms with van der Waals surface area (Å²) < 4.78 is 5.15. The lowest BCUT2D eigenvalue weighted by atomic mass is 10.6. The van der Waals surface area contributed by atoms with Gasteiger partial charge in [0, 0.05) is 47.4 Å². The third-order valence-corrected chi connectivity index (χ3v) is 3.03. The van der Waals surface area contributed by atoms with E-state index in [1.807, 2.05) is 0 Å². The Morgan fingerprint density at radius 1 is 0.909 bits per heavy atom. The fourth-order valence-electron chi connectivity index (χ4n) is 0.329. The van der Waals surface area contributed by atoms with Crippen molar-refractivity contribution >= 4 is 47.3 Å². The Morgan fingerprint density at radius 3 is 1.73 bits per heavy atom. The van der Waals surface area contributed by atoms with Crippen LogP contribution in [0.2, 0.25) is 0 Å². The van der Waals surface area contributed by atoms with Gasteiger partial charge in [-0.2, -0.15) is 0 Å². The highest BCUT2D eigenvalue weighted by Gasteiger charge is 1.90. The molecule has 0 bridgehead atoms. The summed E-state index contributed by atoms with van der Waals surface area (Å²) in [4.78, 5) is 0. The molecule has 0 atom stereocenters. The molecule has 11 heavy (non-hydrogen) atoms. The Kier molecular flexibility index (Phi) is 12.5. The van der Waals surface area contributed by atoms with Crippen LogP contribution in [-0.4, -0.2) is 23.3 Å². The molecular weight excluding hydrogens is 223 g/mol. The summed E-state index contributed by atoms with van der Waals surface area (Å²) in [7, 11) is 0. The Hall–Kier alpha value is 1.24. The van der Waals surface area contributed by atoms with Gasteiger partial charge in [0.2, 0.25) is 0 Å². The Balaban J connectivity index is 2.69. The van der Waals surface area contributed by atoms with E-state index >= 15 is 0 Å². The molecule has 5 heteroatoms. The van der Waals surface area contributed by atoms with Crippen molar-refractivity contribution in [3.63, 3.8) is 0 Å². The summed E-state index contributed by atoms with van der Waals surface area (Å²) in [6.45, 7) is 0. The molecule has 0 amide bonds. The molecule has 0 unspecified atom stereocenters. The first-order valence-corrected chi connectivity index (χ1v) is 6.34. The van der Waals surface area contributed by atoms with Gasteiger partial charge in [0.05, 0.1) is 0 Å². The first-order chi connectivity index (χ1) is 5.41. The Bertz CT molecular complexity index is 67.6. The van der Waals surface area contributed by atoms with Crippen LogP contribution < -0.4 is 0 Å². The summed E-state index contributed by atoms with van der Waals surface area (Å²) in [5.74, 6) is 3.36. The molecule has 0 saturated heterocycles. The molecule has 0 aromatic carbocycles. The average molecular weight is 235 g/mol. The summed E-state index contributed by atoms with van der Waals surface area (Å²) in [6, 6.07) is 0. The van der Waals surface area contributed by atoms with Gasteiger partial charge in [0.15, 0.2) is 0 Å². The van der Waals surface area contributed by atoms with Gasteiger partial charge in [0.1, 0.15) is 0 Å². The fourth-order valence-corrected chi connectivity index (χ4v) is 2.25. The topological polar surface area (TPSA) is 9.23 Å². The largest absolute Gasteiger partial charge is 0.247 e. The minimum atomic E-state index is 0.711. The van der Waals surface area contributed by atoms with E-state index in [2.05, 4.69) is 0 Å². The van der Waals surface area contributed by atoms with Crippen molar-refractivity contribution in [2.24, 2.45) is 0 Å². The van der Waals surface area contributed by atoms with Gasteiger partial charge in [-0.05, 0) is 12.8 Å². The molecule has 0 saturated carbocycles. The van der Waals surface area contributed by atoms with Crippen molar-refractivity contribution in [2.75, 3.05) is 23.3 Å².